The van der Waals surface area contributed by atoms with Gasteiger partial charge >= 0.3 is 23.9 Å². The lowest BCUT2D eigenvalue weighted by Crippen LogP contribution is -2.48. The van der Waals surface area contributed by atoms with E-state index in [-0.39, 0.29) is 54.9 Å². The maximum Gasteiger partial charge on any atom is 0.343 e. The number of unbranched alkanes of at least 4 members (excludes halogenated alkanes) is 6. The van der Waals surface area contributed by atoms with Crippen molar-refractivity contribution >= 4 is 41.4 Å². The van der Waals surface area contributed by atoms with Gasteiger partial charge in [0.25, 0.3) is 0 Å². The van der Waals surface area contributed by atoms with E-state index in [2.05, 4.69) is 32.3 Å². The third-order valence-corrected chi connectivity index (χ3v) is 12.2. The van der Waals surface area contributed by atoms with E-state index in [0.29, 0.717) is 60.3 Å². The number of benzene rings is 4. The van der Waals surface area contributed by atoms with Gasteiger partial charge in [0, 0.05) is 42.4 Å². The number of methoxy groups -OCH3 is 2. The van der Waals surface area contributed by atoms with Gasteiger partial charge in [-0.2, -0.15) is 0 Å². The molecule has 2 N–H and O–H groups in total. The third-order valence-electron chi connectivity index (χ3n) is 12.2. The molecule has 0 fully saturated rings. The summed E-state index contributed by atoms with van der Waals surface area (Å²) in [7, 11) is 2.43. The van der Waals surface area contributed by atoms with Crippen molar-refractivity contribution in [3.63, 3.8) is 0 Å². The fourth-order valence-electron chi connectivity index (χ4n) is 8.24. The number of esters is 3. The van der Waals surface area contributed by atoms with Gasteiger partial charge in [-0.15, -0.1) is 0 Å². The standard InChI is InChI=1S/C54H65N7O10/c1-6-8-10-16-33-61(50(51(64)56-31-9-7-2)42-27-30-45(70-36-47(63)68-4)44(34-42)52(65)69-5)46(62)20-15-12-17-32-60-37(3)48(53(66)71-35-38-21-28-43(29-22-38)58-59-55)49(57-54(60)67)41-25-23-40(24-26-41)39-18-13-11-14-19-39/h11,13-14,18-19,21-30,34,49-50H,6-10,12,15-17,20,31-33,35-36H2,1-5H3,(H,56,64)(H,57,67). The van der Waals surface area contributed by atoms with Gasteiger partial charge in [-0.3, -0.25) is 14.5 Å². The smallest absolute Gasteiger partial charge is 0.343 e. The molecule has 1 aliphatic heterocycles. The van der Waals surface area contributed by atoms with E-state index in [0.717, 1.165) is 43.2 Å². The van der Waals surface area contributed by atoms with Crippen LogP contribution in [0.4, 0.5) is 10.5 Å². The highest BCUT2D eigenvalue weighted by atomic mass is 16.6. The lowest BCUT2D eigenvalue weighted by atomic mass is 9.93. The third kappa shape index (κ3) is 15.4. The Labute approximate surface area is 415 Å². The number of nitrogens with one attached hydrogen (secondary N) is 2. The fourth-order valence-corrected chi connectivity index (χ4v) is 8.24. The van der Waals surface area contributed by atoms with Crippen LogP contribution in [0.2, 0.25) is 0 Å². The van der Waals surface area contributed by atoms with Crippen molar-refractivity contribution in [2.45, 2.75) is 104 Å². The molecule has 17 nitrogen and oxygen atoms in total. The number of carbonyl (C=O) groups excluding carboxylic acids is 6. The number of hydrogen-bond donors (Lipinski definition) is 2. The Kier molecular flexibility index (Phi) is 21.5. The lowest BCUT2D eigenvalue weighted by molar-refractivity contribution is -0.143. The first-order chi connectivity index (χ1) is 34.4. The maximum atomic E-state index is 14.4. The summed E-state index contributed by atoms with van der Waals surface area (Å²) in [6, 6.07) is 26.5. The zero-order valence-corrected chi connectivity index (χ0v) is 41.3. The second-order valence-electron chi connectivity index (χ2n) is 17.1. The van der Waals surface area contributed by atoms with Crippen LogP contribution in [0.15, 0.2) is 113 Å². The Morgan fingerprint density at radius 2 is 1.52 bits per heavy atom. The number of azide groups is 1. The van der Waals surface area contributed by atoms with Crippen LogP contribution >= 0.6 is 0 Å². The zero-order valence-electron chi connectivity index (χ0n) is 41.3. The Bertz CT molecular complexity index is 2530. The van der Waals surface area contributed by atoms with Gasteiger partial charge < -0.3 is 34.5 Å². The second-order valence-corrected chi connectivity index (χ2v) is 17.1. The molecule has 2 unspecified atom stereocenters. The van der Waals surface area contributed by atoms with E-state index >= 15 is 0 Å². The molecule has 1 heterocycles. The SMILES string of the molecule is CCCCCCN(C(=O)CCCCCN1C(=O)NC(c2ccc(-c3ccccc3)cc2)C(C(=O)OCc2ccc(N=[N+]=[N-])cc2)=C1C)C(C(=O)NCCCC)c1ccc(OCC(=O)OC)c(C(=O)OC)c1. The summed E-state index contributed by atoms with van der Waals surface area (Å²) >= 11 is 0. The van der Waals surface area contributed by atoms with Gasteiger partial charge in [-0.05, 0) is 78.1 Å². The average molecular weight is 972 g/mol. The first kappa shape index (κ1) is 54.3. The normalized spacial score (nSPS) is 13.6. The van der Waals surface area contributed by atoms with Crippen molar-refractivity contribution in [1.29, 1.82) is 0 Å². The number of ether oxygens (including phenoxy) is 4. The predicted octanol–water partition coefficient (Wildman–Crippen LogP) is 10.3. The van der Waals surface area contributed by atoms with E-state index in [1.807, 2.05) is 61.5 Å². The summed E-state index contributed by atoms with van der Waals surface area (Å²) in [5.41, 5.74) is 13.6. The molecule has 376 valence electrons. The zero-order chi connectivity index (χ0) is 51.1. The minimum absolute atomic E-state index is 0.0216. The van der Waals surface area contributed by atoms with Crippen LogP contribution in [0.5, 0.6) is 5.75 Å². The Morgan fingerprint density at radius 1 is 0.817 bits per heavy atom. The van der Waals surface area contributed by atoms with Crippen LogP contribution in [0, 0.1) is 0 Å². The molecule has 4 aromatic rings. The molecule has 0 radical (unpaired) electrons. The summed E-state index contributed by atoms with van der Waals surface area (Å²) in [5, 5.41) is 9.62. The number of carbonyl (C=O) groups is 6. The summed E-state index contributed by atoms with van der Waals surface area (Å²) < 4.78 is 21.2. The van der Waals surface area contributed by atoms with Gasteiger partial charge in [0.2, 0.25) is 11.8 Å². The van der Waals surface area contributed by atoms with Gasteiger partial charge in [0.1, 0.15) is 24.0 Å². The van der Waals surface area contributed by atoms with E-state index < -0.39 is 42.5 Å². The summed E-state index contributed by atoms with van der Waals surface area (Å²) in [5.74, 6) is -2.62. The number of allylic oxidation sites excluding steroid dienone is 1. The molecule has 0 saturated heterocycles. The first-order valence-electron chi connectivity index (χ1n) is 24.2. The molecule has 2 atom stereocenters. The van der Waals surface area contributed by atoms with Crippen LogP contribution in [0.1, 0.15) is 124 Å². The maximum absolute atomic E-state index is 14.4. The minimum Gasteiger partial charge on any atom is -0.481 e. The first-order valence-corrected chi connectivity index (χ1v) is 24.2. The highest BCUT2D eigenvalue weighted by Crippen LogP contribution is 2.34. The monoisotopic (exact) mass is 971 g/mol. The molecule has 5 rings (SSSR count). The van der Waals surface area contributed by atoms with Crippen molar-refractivity contribution in [2.24, 2.45) is 5.11 Å². The quantitative estimate of drug-likeness (QED) is 0.0144. The van der Waals surface area contributed by atoms with Crippen LogP contribution in [-0.4, -0.2) is 86.0 Å². The number of nitrogens with zero attached hydrogens (tertiary/aromatic N) is 5. The van der Waals surface area contributed by atoms with E-state index in [1.54, 1.807) is 42.2 Å². The molecular weight excluding hydrogens is 907 g/mol. The van der Waals surface area contributed by atoms with Gasteiger partial charge in [-0.25, -0.2) is 19.2 Å². The Morgan fingerprint density at radius 3 is 2.20 bits per heavy atom. The van der Waals surface area contributed by atoms with Gasteiger partial charge in [-0.1, -0.05) is 136 Å². The van der Waals surface area contributed by atoms with Crippen molar-refractivity contribution < 1.29 is 47.7 Å². The molecule has 4 amide bonds. The van der Waals surface area contributed by atoms with Crippen molar-refractivity contribution in [2.75, 3.05) is 40.5 Å². The van der Waals surface area contributed by atoms with Crippen LogP contribution < -0.4 is 15.4 Å². The van der Waals surface area contributed by atoms with E-state index in [1.165, 1.54) is 31.3 Å². The average Bonchev–Trinajstić information content (AvgIpc) is 3.39. The highest BCUT2D eigenvalue weighted by Gasteiger charge is 2.37. The minimum atomic E-state index is -1.10. The lowest BCUT2D eigenvalue weighted by Gasteiger charge is -2.35. The van der Waals surface area contributed by atoms with Crippen LogP contribution in [-0.2, 0) is 40.0 Å². The van der Waals surface area contributed by atoms with Crippen molar-refractivity contribution in [3.8, 4) is 16.9 Å². The van der Waals surface area contributed by atoms with Gasteiger partial charge in [0.05, 0.1) is 25.8 Å². The van der Waals surface area contributed by atoms with E-state index in [4.69, 9.17) is 19.7 Å². The molecule has 4 aromatic carbocycles. The number of urea groups is 1. The molecule has 0 bridgehead atoms. The molecule has 0 spiro atoms. The summed E-state index contributed by atoms with van der Waals surface area (Å²) in [6.45, 7) is 6.21. The van der Waals surface area contributed by atoms with Crippen LogP contribution in [0.25, 0.3) is 21.6 Å². The number of rotatable bonds is 27. The molecule has 0 saturated carbocycles. The number of amides is 4. The highest BCUT2D eigenvalue weighted by molar-refractivity contribution is 5.96. The van der Waals surface area contributed by atoms with Crippen molar-refractivity contribution in [1.82, 2.24) is 20.4 Å². The summed E-state index contributed by atoms with van der Waals surface area (Å²) in [4.78, 5) is 87.4. The Hall–Kier alpha value is -7.65. The van der Waals surface area contributed by atoms with E-state index in [9.17, 15) is 28.8 Å². The molecule has 0 aliphatic carbocycles. The van der Waals surface area contributed by atoms with Crippen molar-refractivity contribution in [3.05, 3.63) is 141 Å². The molecule has 17 heteroatoms. The topological polar surface area (TPSA) is 219 Å². The predicted molar refractivity (Wildman–Crippen MR) is 268 cm³/mol. The summed E-state index contributed by atoms with van der Waals surface area (Å²) in [6.07, 6.45) is 6.51. The molecule has 71 heavy (non-hydrogen) atoms. The second kappa shape index (κ2) is 28.1. The molecular formula is C54H65N7O10. The molecule has 1 aliphatic rings. The fraction of sp³-hybridized carbons (Fsp3) is 0.407. The Balaban J connectivity index is 1.35. The molecule has 0 aromatic heterocycles. The largest absolute Gasteiger partial charge is 0.481 e. The van der Waals surface area contributed by atoms with Gasteiger partial charge in [0.15, 0.2) is 6.61 Å². The number of hydrogen-bond acceptors (Lipinski definition) is 11. The van der Waals surface area contributed by atoms with Crippen LogP contribution in [0.3, 0.4) is 0 Å².